The Hall–Kier alpha value is -1.25. The van der Waals surface area contributed by atoms with Crippen molar-refractivity contribution in [1.29, 1.82) is 0 Å². The van der Waals surface area contributed by atoms with Crippen LogP contribution in [0.1, 0.15) is 38.3 Å². The first-order chi connectivity index (χ1) is 7.20. The molecule has 0 amide bonds. The summed E-state index contributed by atoms with van der Waals surface area (Å²) in [5.41, 5.74) is 1.05. The van der Waals surface area contributed by atoms with Crippen LogP contribution in [-0.2, 0) is 0 Å². The van der Waals surface area contributed by atoms with Gasteiger partial charge in [-0.2, -0.15) is 0 Å². The SMILES string of the molecule is COc1cnc(C(C)C)cc1OC1CC1. The highest BCUT2D eigenvalue weighted by Gasteiger charge is 2.25. The summed E-state index contributed by atoms with van der Waals surface area (Å²) in [7, 11) is 1.64. The van der Waals surface area contributed by atoms with Crippen LogP contribution < -0.4 is 9.47 Å². The highest BCUT2D eigenvalue weighted by atomic mass is 16.5. The molecule has 0 radical (unpaired) electrons. The lowest BCUT2D eigenvalue weighted by Crippen LogP contribution is -2.01. The maximum atomic E-state index is 5.77. The lowest BCUT2D eigenvalue weighted by atomic mass is 10.1. The van der Waals surface area contributed by atoms with Crippen molar-refractivity contribution in [3.63, 3.8) is 0 Å². The molecule has 0 N–H and O–H groups in total. The zero-order chi connectivity index (χ0) is 10.8. The molecule has 1 aliphatic carbocycles. The van der Waals surface area contributed by atoms with Crippen LogP contribution in [0, 0.1) is 0 Å². The van der Waals surface area contributed by atoms with E-state index in [1.807, 2.05) is 6.07 Å². The fourth-order valence-electron chi connectivity index (χ4n) is 1.37. The number of ether oxygens (including phenoxy) is 2. The van der Waals surface area contributed by atoms with Crippen LogP contribution in [0.3, 0.4) is 0 Å². The molecule has 0 unspecified atom stereocenters. The lowest BCUT2D eigenvalue weighted by Gasteiger charge is -2.12. The summed E-state index contributed by atoms with van der Waals surface area (Å²) in [6.07, 6.45) is 4.44. The largest absolute Gasteiger partial charge is 0.491 e. The van der Waals surface area contributed by atoms with Crippen molar-refractivity contribution in [3.05, 3.63) is 18.0 Å². The van der Waals surface area contributed by atoms with Gasteiger partial charge in [0, 0.05) is 11.8 Å². The van der Waals surface area contributed by atoms with Crippen LogP contribution in [-0.4, -0.2) is 18.2 Å². The standard InChI is InChI=1S/C12H17NO2/c1-8(2)10-6-11(15-9-4-5-9)12(14-3)7-13-10/h6-9H,4-5H2,1-3H3. The molecule has 1 saturated carbocycles. The molecule has 3 nitrogen and oxygen atoms in total. The molecule has 1 aromatic rings. The molecule has 0 spiro atoms. The Labute approximate surface area is 90.4 Å². The minimum Gasteiger partial charge on any atom is -0.491 e. The van der Waals surface area contributed by atoms with Gasteiger partial charge in [0.15, 0.2) is 11.5 Å². The number of rotatable bonds is 4. The van der Waals surface area contributed by atoms with Crippen molar-refractivity contribution in [2.24, 2.45) is 0 Å². The minimum atomic E-state index is 0.390. The average Bonchev–Trinajstić information content (AvgIpc) is 3.01. The van der Waals surface area contributed by atoms with Gasteiger partial charge in [-0.1, -0.05) is 13.8 Å². The molecule has 2 rings (SSSR count). The van der Waals surface area contributed by atoms with Crippen LogP contribution in [0.15, 0.2) is 12.3 Å². The van der Waals surface area contributed by atoms with Gasteiger partial charge in [0.1, 0.15) is 0 Å². The van der Waals surface area contributed by atoms with Crippen LogP contribution in [0.4, 0.5) is 0 Å². The third kappa shape index (κ3) is 2.41. The van der Waals surface area contributed by atoms with E-state index < -0.39 is 0 Å². The van der Waals surface area contributed by atoms with Crippen LogP contribution in [0.5, 0.6) is 11.5 Å². The molecular formula is C12H17NO2. The van der Waals surface area contributed by atoms with E-state index in [-0.39, 0.29) is 0 Å². The number of methoxy groups -OCH3 is 1. The summed E-state index contributed by atoms with van der Waals surface area (Å²) < 4.78 is 11.0. The fourth-order valence-corrected chi connectivity index (χ4v) is 1.37. The normalized spacial score (nSPS) is 15.5. The second kappa shape index (κ2) is 4.09. The summed E-state index contributed by atoms with van der Waals surface area (Å²) in [5, 5.41) is 0. The van der Waals surface area contributed by atoms with Crippen molar-refractivity contribution >= 4 is 0 Å². The highest BCUT2D eigenvalue weighted by molar-refractivity contribution is 5.40. The number of hydrogen-bond acceptors (Lipinski definition) is 3. The van der Waals surface area contributed by atoms with Crippen LogP contribution >= 0.6 is 0 Å². The average molecular weight is 207 g/mol. The summed E-state index contributed by atoms with van der Waals surface area (Å²) >= 11 is 0. The molecule has 1 aromatic heterocycles. The van der Waals surface area contributed by atoms with E-state index in [0.717, 1.165) is 30.0 Å². The summed E-state index contributed by atoms with van der Waals surface area (Å²) in [4.78, 5) is 4.33. The first kappa shape index (κ1) is 10.3. The molecule has 0 saturated heterocycles. The van der Waals surface area contributed by atoms with Crippen molar-refractivity contribution in [3.8, 4) is 11.5 Å². The van der Waals surface area contributed by atoms with Crippen LogP contribution in [0.25, 0.3) is 0 Å². The first-order valence-corrected chi connectivity index (χ1v) is 5.41. The van der Waals surface area contributed by atoms with Crippen molar-refractivity contribution in [2.75, 3.05) is 7.11 Å². The van der Waals surface area contributed by atoms with Gasteiger partial charge in [-0.25, -0.2) is 0 Å². The monoisotopic (exact) mass is 207 g/mol. The van der Waals surface area contributed by atoms with Gasteiger partial charge in [-0.05, 0) is 18.8 Å². The zero-order valence-electron chi connectivity index (χ0n) is 9.49. The molecule has 0 bridgehead atoms. The lowest BCUT2D eigenvalue weighted by molar-refractivity contribution is 0.280. The molecule has 3 heteroatoms. The van der Waals surface area contributed by atoms with Crippen LogP contribution in [0.2, 0.25) is 0 Å². The Morgan fingerprint density at radius 3 is 2.60 bits per heavy atom. The third-order valence-electron chi connectivity index (χ3n) is 2.48. The summed E-state index contributed by atoms with van der Waals surface area (Å²) in [6, 6.07) is 1.99. The van der Waals surface area contributed by atoms with Gasteiger partial charge >= 0.3 is 0 Å². The molecule has 1 heterocycles. The van der Waals surface area contributed by atoms with E-state index in [4.69, 9.17) is 9.47 Å². The zero-order valence-corrected chi connectivity index (χ0v) is 9.49. The quantitative estimate of drug-likeness (QED) is 0.760. The number of nitrogens with zero attached hydrogens (tertiary/aromatic N) is 1. The maximum absolute atomic E-state index is 5.77. The van der Waals surface area contributed by atoms with E-state index in [1.54, 1.807) is 13.3 Å². The van der Waals surface area contributed by atoms with Crippen molar-refractivity contribution in [2.45, 2.75) is 38.7 Å². The smallest absolute Gasteiger partial charge is 0.179 e. The molecular weight excluding hydrogens is 190 g/mol. The Morgan fingerprint density at radius 1 is 1.33 bits per heavy atom. The first-order valence-electron chi connectivity index (χ1n) is 5.41. The molecule has 82 valence electrons. The van der Waals surface area contributed by atoms with E-state index >= 15 is 0 Å². The highest BCUT2D eigenvalue weighted by Crippen LogP contribution is 2.34. The Bertz CT molecular complexity index is 345. The predicted molar refractivity (Wildman–Crippen MR) is 58.5 cm³/mol. The molecule has 15 heavy (non-hydrogen) atoms. The minimum absolute atomic E-state index is 0.390. The van der Waals surface area contributed by atoms with Crippen molar-refractivity contribution in [1.82, 2.24) is 4.98 Å². The fraction of sp³-hybridized carbons (Fsp3) is 0.583. The Kier molecular flexibility index (Phi) is 2.80. The van der Waals surface area contributed by atoms with E-state index in [0.29, 0.717) is 12.0 Å². The summed E-state index contributed by atoms with van der Waals surface area (Å²) in [6.45, 7) is 4.24. The Balaban J connectivity index is 2.24. The molecule has 1 aliphatic rings. The molecule has 0 aliphatic heterocycles. The second-order valence-electron chi connectivity index (χ2n) is 4.23. The van der Waals surface area contributed by atoms with Gasteiger partial charge in [0.05, 0.1) is 19.4 Å². The predicted octanol–water partition coefficient (Wildman–Crippen LogP) is 2.75. The van der Waals surface area contributed by atoms with E-state index in [1.165, 1.54) is 0 Å². The van der Waals surface area contributed by atoms with Gasteiger partial charge in [-0.15, -0.1) is 0 Å². The number of aromatic nitrogens is 1. The molecule has 0 aromatic carbocycles. The van der Waals surface area contributed by atoms with E-state index in [9.17, 15) is 0 Å². The van der Waals surface area contributed by atoms with Gasteiger partial charge in [0.25, 0.3) is 0 Å². The number of pyridine rings is 1. The topological polar surface area (TPSA) is 31.4 Å². The van der Waals surface area contributed by atoms with Crippen molar-refractivity contribution < 1.29 is 9.47 Å². The molecule has 0 atom stereocenters. The Morgan fingerprint density at radius 2 is 2.07 bits per heavy atom. The van der Waals surface area contributed by atoms with Gasteiger partial charge < -0.3 is 9.47 Å². The number of hydrogen-bond donors (Lipinski definition) is 0. The second-order valence-corrected chi connectivity index (χ2v) is 4.23. The summed E-state index contributed by atoms with van der Waals surface area (Å²) in [5.74, 6) is 1.97. The van der Waals surface area contributed by atoms with Gasteiger partial charge in [-0.3, -0.25) is 4.98 Å². The molecule has 1 fully saturated rings. The van der Waals surface area contributed by atoms with Gasteiger partial charge in [0.2, 0.25) is 0 Å². The maximum Gasteiger partial charge on any atom is 0.179 e. The third-order valence-corrected chi connectivity index (χ3v) is 2.48. The van der Waals surface area contributed by atoms with E-state index in [2.05, 4.69) is 18.8 Å².